The number of amides is 1. The summed E-state index contributed by atoms with van der Waals surface area (Å²) in [6.07, 6.45) is -12.1. The summed E-state index contributed by atoms with van der Waals surface area (Å²) in [7, 11) is 0. The Labute approximate surface area is 154 Å². The Morgan fingerprint density at radius 3 is 1.79 bits per heavy atom. The lowest BCUT2D eigenvalue weighted by Gasteiger charge is -2.39. The highest BCUT2D eigenvalue weighted by atomic mass is 19.4. The van der Waals surface area contributed by atoms with Gasteiger partial charge in [-0.05, 0) is 24.3 Å². The largest absolute Gasteiger partial charge is 0.478 e. The molecular formula is C17H12F6N2O3. The SMILES string of the molecule is O=C(NC(Nc1ccccc1C(=O)O)(C(F)(F)F)C(F)(F)F)c1ccccc1. The summed E-state index contributed by atoms with van der Waals surface area (Å²) in [5.74, 6) is -3.41. The van der Waals surface area contributed by atoms with Crippen molar-refractivity contribution in [1.82, 2.24) is 5.32 Å². The first-order chi connectivity index (χ1) is 12.9. The molecule has 28 heavy (non-hydrogen) atoms. The Balaban J connectivity index is 2.60. The highest BCUT2D eigenvalue weighted by molar-refractivity contribution is 5.96. The molecule has 11 heteroatoms. The summed E-state index contributed by atoms with van der Waals surface area (Å²) >= 11 is 0. The zero-order valence-corrected chi connectivity index (χ0v) is 13.7. The van der Waals surface area contributed by atoms with E-state index in [-0.39, 0.29) is 0 Å². The van der Waals surface area contributed by atoms with E-state index >= 15 is 0 Å². The van der Waals surface area contributed by atoms with Crippen molar-refractivity contribution in [3.05, 3.63) is 65.7 Å². The number of nitrogens with one attached hydrogen (secondary N) is 2. The molecule has 150 valence electrons. The Morgan fingerprint density at radius 2 is 1.29 bits per heavy atom. The van der Waals surface area contributed by atoms with Crippen molar-refractivity contribution in [3.8, 4) is 0 Å². The molecule has 1 amide bonds. The molecule has 0 aromatic heterocycles. The van der Waals surface area contributed by atoms with Gasteiger partial charge in [0.05, 0.1) is 11.3 Å². The fraction of sp³-hybridized carbons (Fsp3) is 0.176. The van der Waals surface area contributed by atoms with Crippen LogP contribution in [0.25, 0.3) is 0 Å². The number of halogens is 6. The topological polar surface area (TPSA) is 78.4 Å². The van der Waals surface area contributed by atoms with Crippen LogP contribution < -0.4 is 10.6 Å². The van der Waals surface area contributed by atoms with E-state index in [4.69, 9.17) is 5.11 Å². The Hall–Kier alpha value is -3.24. The summed E-state index contributed by atoms with van der Waals surface area (Å²) < 4.78 is 81.7. The van der Waals surface area contributed by atoms with Gasteiger partial charge < -0.3 is 15.7 Å². The second-order valence-corrected chi connectivity index (χ2v) is 5.54. The Kier molecular flexibility index (Phi) is 5.57. The van der Waals surface area contributed by atoms with E-state index in [1.165, 1.54) is 18.2 Å². The first-order valence-electron chi connectivity index (χ1n) is 7.50. The van der Waals surface area contributed by atoms with Gasteiger partial charge in [0.2, 0.25) is 0 Å². The van der Waals surface area contributed by atoms with Crippen molar-refractivity contribution < 1.29 is 41.0 Å². The molecule has 0 aliphatic heterocycles. The summed E-state index contributed by atoms with van der Waals surface area (Å²) in [5, 5.41) is 11.1. The van der Waals surface area contributed by atoms with Crippen LogP contribution in [0.15, 0.2) is 54.6 Å². The summed E-state index contributed by atoms with van der Waals surface area (Å²) in [5.41, 5.74) is -7.19. The fourth-order valence-electron chi connectivity index (χ4n) is 2.29. The van der Waals surface area contributed by atoms with Crippen LogP contribution in [0.5, 0.6) is 0 Å². The number of aromatic carboxylic acids is 1. The van der Waals surface area contributed by atoms with E-state index in [2.05, 4.69) is 0 Å². The third-order valence-electron chi connectivity index (χ3n) is 3.67. The third-order valence-corrected chi connectivity index (χ3v) is 3.67. The highest BCUT2D eigenvalue weighted by Gasteiger charge is 2.72. The lowest BCUT2D eigenvalue weighted by Crippen LogP contribution is -2.72. The molecule has 0 fully saturated rings. The molecule has 0 bridgehead atoms. The molecule has 2 aromatic carbocycles. The number of carboxylic acids is 1. The van der Waals surface area contributed by atoms with Gasteiger partial charge in [-0.3, -0.25) is 4.79 Å². The van der Waals surface area contributed by atoms with Crippen molar-refractivity contribution in [1.29, 1.82) is 0 Å². The van der Waals surface area contributed by atoms with E-state index in [0.717, 1.165) is 47.0 Å². The number of anilines is 1. The van der Waals surface area contributed by atoms with Gasteiger partial charge in [-0.25, -0.2) is 4.79 Å². The highest BCUT2D eigenvalue weighted by Crippen LogP contribution is 2.44. The van der Waals surface area contributed by atoms with Crippen LogP contribution in [-0.4, -0.2) is 35.0 Å². The number of benzene rings is 2. The lowest BCUT2D eigenvalue weighted by molar-refractivity contribution is -0.294. The molecule has 0 unspecified atom stereocenters. The minimum atomic E-state index is -6.07. The van der Waals surface area contributed by atoms with Crippen molar-refractivity contribution in [2.75, 3.05) is 5.32 Å². The number of hydrogen-bond acceptors (Lipinski definition) is 3. The molecule has 0 aliphatic rings. The zero-order chi connectivity index (χ0) is 21.2. The van der Waals surface area contributed by atoms with Crippen LogP contribution >= 0.6 is 0 Å². The minimum Gasteiger partial charge on any atom is -0.478 e. The quantitative estimate of drug-likeness (QED) is 0.517. The monoisotopic (exact) mass is 406 g/mol. The molecule has 2 aromatic rings. The van der Waals surface area contributed by atoms with Gasteiger partial charge >= 0.3 is 24.0 Å². The molecule has 0 saturated heterocycles. The maximum Gasteiger partial charge on any atom is 0.439 e. The van der Waals surface area contributed by atoms with Gasteiger partial charge in [0, 0.05) is 5.56 Å². The summed E-state index contributed by atoms with van der Waals surface area (Å²) in [6, 6.07) is 9.70. The van der Waals surface area contributed by atoms with Crippen LogP contribution in [-0.2, 0) is 0 Å². The lowest BCUT2D eigenvalue weighted by atomic mass is 10.0. The standard InChI is InChI=1S/C17H12F6N2O3/c18-16(19,20)15(17(21,22)23,25-13(26)10-6-2-1-3-7-10)24-12-9-5-4-8-11(12)14(27)28/h1-9,24H,(H,25,26)(H,27,28). The molecule has 0 radical (unpaired) electrons. The Morgan fingerprint density at radius 1 is 0.786 bits per heavy atom. The van der Waals surface area contributed by atoms with Gasteiger partial charge in [-0.1, -0.05) is 30.3 Å². The van der Waals surface area contributed by atoms with Gasteiger partial charge in [-0.2, -0.15) is 26.3 Å². The number of carbonyl (C=O) groups is 2. The van der Waals surface area contributed by atoms with Gasteiger partial charge in [0.15, 0.2) is 0 Å². The average molecular weight is 406 g/mol. The second kappa shape index (κ2) is 7.41. The molecular weight excluding hydrogens is 394 g/mol. The zero-order valence-electron chi connectivity index (χ0n) is 13.7. The molecule has 0 heterocycles. The van der Waals surface area contributed by atoms with Crippen molar-refractivity contribution in [3.63, 3.8) is 0 Å². The maximum atomic E-state index is 13.6. The molecule has 5 nitrogen and oxygen atoms in total. The number of hydrogen-bond donors (Lipinski definition) is 3. The molecule has 0 spiro atoms. The predicted molar refractivity (Wildman–Crippen MR) is 85.8 cm³/mol. The van der Waals surface area contributed by atoms with Crippen LogP contribution in [0.4, 0.5) is 32.0 Å². The predicted octanol–water partition coefficient (Wildman–Crippen LogP) is 4.05. The third kappa shape index (κ3) is 4.02. The maximum absolute atomic E-state index is 13.6. The molecule has 0 aliphatic carbocycles. The molecule has 0 saturated carbocycles. The van der Waals surface area contributed by atoms with Crippen LogP contribution in [0.1, 0.15) is 20.7 Å². The van der Waals surface area contributed by atoms with Crippen molar-refractivity contribution >= 4 is 17.6 Å². The number of carbonyl (C=O) groups excluding carboxylic acids is 1. The van der Waals surface area contributed by atoms with E-state index in [1.54, 1.807) is 0 Å². The van der Waals surface area contributed by atoms with Crippen molar-refractivity contribution in [2.45, 2.75) is 18.0 Å². The summed E-state index contributed by atoms with van der Waals surface area (Å²) in [4.78, 5) is 23.3. The van der Waals surface area contributed by atoms with Crippen LogP contribution in [0.3, 0.4) is 0 Å². The van der Waals surface area contributed by atoms with E-state index < -0.39 is 46.7 Å². The first-order valence-corrected chi connectivity index (χ1v) is 7.50. The van der Waals surface area contributed by atoms with E-state index in [0.29, 0.717) is 0 Å². The van der Waals surface area contributed by atoms with Gasteiger partial charge in [0.25, 0.3) is 5.91 Å². The smallest absolute Gasteiger partial charge is 0.439 e. The second-order valence-electron chi connectivity index (χ2n) is 5.54. The van der Waals surface area contributed by atoms with Crippen LogP contribution in [0.2, 0.25) is 0 Å². The van der Waals surface area contributed by atoms with E-state index in [1.807, 2.05) is 0 Å². The van der Waals surface area contributed by atoms with Crippen LogP contribution in [0, 0.1) is 0 Å². The number of alkyl halides is 6. The summed E-state index contributed by atoms with van der Waals surface area (Å²) in [6.45, 7) is 0. The number of para-hydroxylation sites is 1. The molecule has 2 rings (SSSR count). The van der Waals surface area contributed by atoms with Gasteiger partial charge in [0.1, 0.15) is 0 Å². The first kappa shape index (κ1) is 21.1. The minimum absolute atomic E-state index is 0.450. The van der Waals surface area contributed by atoms with Gasteiger partial charge in [-0.15, -0.1) is 0 Å². The van der Waals surface area contributed by atoms with E-state index in [9.17, 15) is 35.9 Å². The number of rotatable bonds is 5. The number of carboxylic acid groups (broad SMARTS) is 1. The molecule has 3 N–H and O–H groups in total. The Bertz CT molecular complexity index is 851. The normalized spacial score (nSPS) is 12.4. The average Bonchev–Trinajstić information content (AvgIpc) is 2.60. The van der Waals surface area contributed by atoms with Crippen molar-refractivity contribution in [2.24, 2.45) is 0 Å². The fourth-order valence-corrected chi connectivity index (χ4v) is 2.29. The molecule has 0 atom stereocenters.